The predicted molar refractivity (Wildman–Crippen MR) is 175 cm³/mol. The Balaban J connectivity index is 2.18. The zero-order valence-corrected chi connectivity index (χ0v) is 30.0. The van der Waals surface area contributed by atoms with Gasteiger partial charge in [0, 0.05) is 6.54 Å². The lowest BCUT2D eigenvalue weighted by molar-refractivity contribution is -0.230. The summed E-state index contributed by atoms with van der Waals surface area (Å²) in [6.45, 7) is 16.0. The summed E-state index contributed by atoms with van der Waals surface area (Å²) >= 11 is 0. The molecule has 2 rings (SSSR count). The Kier molecular flexibility index (Phi) is 16.2. The smallest absolute Gasteiger partial charge is 0.407 e. The molecule has 1 N–H and O–H groups in total. The lowest BCUT2D eigenvalue weighted by Crippen LogP contribution is -2.59. The number of hydrogen-bond donors (Lipinski definition) is 1. The Morgan fingerprint density at radius 3 is 1.62 bits per heavy atom. The summed E-state index contributed by atoms with van der Waals surface area (Å²) in [5, 5.41) is 2.71. The van der Waals surface area contributed by atoms with Crippen molar-refractivity contribution in [3.63, 3.8) is 0 Å². The minimum atomic E-state index is -0.860. The van der Waals surface area contributed by atoms with Gasteiger partial charge in [-0.15, -0.1) is 0 Å². The molecule has 0 aromatic heterocycles. The molecular weight excluding hydrogens is 626 g/mol. The van der Waals surface area contributed by atoms with E-state index < -0.39 is 65.2 Å². The minimum Gasteiger partial charge on any atom is -0.460 e. The Hall–Kier alpha value is -3.26. The van der Waals surface area contributed by atoms with Crippen LogP contribution in [0, 0.1) is 0 Å². The van der Waals surface area contributed by atoms with Gasteiger partial charge in [0.25, 0.3) is 0 Å². The van der Waals surface area contributed by atoms with E-state index in [2.05, 4.69) is 5.32 Å². The van der Waals surface area contributed by atoms with Gasteiger partial charge in [0.1, 0.15) is 47.8 Å². The van der Waals surface area contributed by atoms with E-state index in [0.29, 0.717) is 0 Å². The summed E-state index contributed by atoms with van der Waals surface area (Å²) in [5.41, 5.74) is -1.15. The zero-order chi connectivity index (χ0) is 36.0. The summed E-state index contributed by atoms with van der Waals surface area (Å²) in [6, 6.07) is 9.25. The van der Waals surface area contributed by atoms with Gasteiger partial charge in [-0.2, -0.15) is 0 Å². The molecular formula is C35H55NO12. The van der Waals surface area contributed by atoms with Gasteiger partial charge in [-0.3, -0.25) is 14.4 Å². The second-order valence-electron chi connectivity index (χ2n) is 14.4. The molecule has 272 valence electrons. The summed E-state index contributed by atoms with van der Waals surface area (Å²) in [4.78, 5) is 49.8. The lowest BCUT2D eigenvalue weighted by Gasteiger charge is -2.42. The minimum absolute atomic E-state index is 0.00816. The molecule has 1 aliphatic rings. The van der Waals surface area contributed by atoms with Crippen LogP contribution in [0.15, 0.2) is 30.3 Å². The van der Waals surface area contributed by atoms with Crippen LogP contribution in [0.1, 0.15) is 87.1 Å². The second kappa shape index (κ2) is 19.1. The zero-order valence-electron chi connectivity index (χ0n) is 30.0. The molecule has 0 saturated carbocycles. The standard InChI is InChI=1S/C35H55NO12/c1-33(2,3)46-27(37)15-18-41-26-23-44-25(21-36-32(40)45-22-24-13-11-10-12-14-24)30(42-19-16-28(38)47-34(4,5)6)31(26)43-20-17-29(39)48-35(7,8)9/h10-14,25-26,30-31H,15-23H2,1-9H3,(H,36,40)/t25-,26+,30-,31-/m1/s1. The third-order valence-electron chi connectivity index (χ3n) is 6.32. The number of nitrogens with one attached hydrogen (secondary N) is 1. The monoisotopic (exact) mass is 681 g/mol. The van der Waals surface area contributed by atoms with Crippen molar-refractivity contribution in [1.82, 2.24) is 5.32 Å². The highest BCUT2D eigenvalue weighted by Crippen LogP contribution is 2.25. The van der Waals surface area contributed by atoms with E-state index in [9.17, 15) is 19.2 Å². The van der Waals surface area contributed by atoms with Crippen molar-refractivity contribution >= 4 is 24.0 Å². The molecule has 0 aliphatic carbocycles. The summed E-state index contributed by atoms with van der Waals surface area (Å²) in [5.74, 6) is -1.33. The van der Waals surface area contributed by atoms with Gasteiger partial charge in [0.05, 0.1) is 45.7 Å². The van der Waals surface area contributed by atoms with Crippen LogP contribution < -0.4 is 5.32 Å². The van der Waals surface area contributed by atoms with Crippen LogP contribution in [-0.2, 0) is 58.9 Å². The fraction of sp³-hybridized carbons (Fsp3) is 0.714. The molecule has 0 radical (unpaired) electrons. The maximum Gasteiger partial charge on any atom is 0.407 e. The SMILES string of the molecule is CC(C)(C)OC(=O)CCO[C@H]1[C@H](OCCC(=O)OC(C)(C)C)[C@@H](CNC(=O)OCc2ccccc2)OC[C@@H]1OCCC(=O)OC(C)(C)C. The summed E-state index contributed by atoms with van der Waals surface area (Å²) < 4.78 is 46.1. The normalized spacial score (nSPS) is 20.0. The highest BCUT2D eigenvalue weighted by atomic mass is 16.6. The highest BCUT2D eigenvalue weighted by Gasteiger charge is 2.43. The fourth-order valence-electron chi connectivity index (χ4n) is 4.54. The molecule has 1 aromatic rings. The largest absolute Gasteiger partial charge is 0.460 e. The van der Waals surface area contributed by atoms with Crippen LogP contribution in [-0.4, -0.2) is 98.2 Å². The van der Waals surface area contributed by atoms with Crippen LogP contribution >= 0.6 is 0 Å². The number of amides is 1. The molecule has 13 nitrogen and oxygen atoms in total. The maximum absolute atomic E-state index is 12.6. The Morgan fingerprint density at radius 2 is 1.15 bits per heavy atom. The van der Waals surface area contributed by atoms with Gasteiger partial charge in [-0.05, 0) is 67.9 Å². The number of benzene rings is 1. The topological polar surface area (TPSA) is 154 Å². The summed E-state index contributed by atoms with van der Waals surface area (Å²) in [6.07, 6.45) is -3.91. The van der Waals surface area contributed by atoms with Crippen molar-refractivity contribution in [2.45, 2.75) is 129 Å². The molecule has 0 unspecified atom stereocenters. The second-order valence-corrected chi connectivity index (χ2v) is 14.4. The number of rotatable bonds is 16. The third-order valence-corrected chi connectivity index (χ3v) is 6.32. The van der Waals surface area contributed by atoms with Crippen molar-refractivity contribution < 1.29 is 57.1 Å². The van der Waals surface area contributed by atoms with Crippen molar-refractivity contribution in [3.8, 4) is 0 Å². The van der Waals surface area contributed by atoms with E-state index in [1.165, 1.54) is 0 Å². The van der Waals surface area contributed by atoms with E-state index in [-0.39, 0.29) is 58.8 Å². The van der Waals surface area contributed by atoms with Crippen molar-refractivity contribution in [2.24, 2.45) is 0 Å². The number of ether oxygens (including phenoxy) is 8. The Labute approximate surface area is 284 Å². The maximum atomic E-state index is 12.6. The molecule has 1 aromatic carbocycles. The van der Waals surface area contributed by atoms with Crippen molar-refractivity contribution in [1.29, 1.82) is 0 Å². The molecule has 0 spiro atoms. The number of carbonyl (C=O) groups excluding carboxylic acids is 4. The van der Waals surface area contributed by atoms with Gasteiger partial charge < -0.3 is 43.2 Å². The molecule has 1 fully saturated rings. The highest BCUT2D eigenvalue weighted by molar-refractivity contribution is 5.70. The number of carbonyl (C=O) groups is 4. The van der Waals surface area contributed by atoms with E-state index in [4.69, 9.17) is 37.9 Å². The Morgan fingerprint density at radius 1 is 0.688 bits per heavy atom. The van der Waals surface area contributed by atoms with Gasteiger partial charge >= 0.3 is 24.0 Å². The van der Waals surface area contributed by atoms with E-state index in [1.54, 1.807) is 62.3 Å². The molecule has 48 heavy (non-hydrogen) atoms. The molecule has 1 saturated heterocycles. The van der Waals surface area contributed by atoms with Crippen LogP contribution in [0.25, 0.3) is 0 Å². The first kappa shape index (κ1) is 40.9. The Bertz CT molecular complexity index is 1150. The molecule has 13 heteroatoms. The molecule has 4 atom stereocenters. The van der Waals surface area contributed by atoms with E-state index >= 15 is 0 Å². The first-order valence-electron chi connectivity index (χ1n) is 16.4. The molecule has 1 amide bonds. The van der Waals surface area contributed by atoms with Gasteiger partial charge in [0.2, 0.25) is 0 Å². The molecule has 0 bridgehead atoms. The predicted octanol–water partition coefficient (Wildman–Crippen LogP) is 4.66. The molecule has 1 aliphatic heterocycles. The quantitative estimate of drug-likeness (QED) is 0.191. The lowest BCUT2D eigenvalue weighted by atomic mass is 9.99. The van der Waals surface area contributed by atoms with Crippen LogP contribution in [0.2, 0.25) is 0 Å². The van der Waals surface area contributed by atoms with Gasteiger partial charge in [-0.1, -0.05) is 30.3 Å². The average molecular weight is 682 g/mol. The first-order chi connectivity index (χ1) is 22.3. The number of alkyl carbamates (subject to hydrolysis) is 1. The van der Waals surface area contributed by atoms with E-state index in [0.717, 1.165) is 5.56 Å². The van der Waals surface area contributed by atoms with Gasteiger partial charge in [-0.25, -0.2) is 4.79 Å². The van der Waals surface area contributed by atoms with Gasteiger partial charge in [0.15, 0.2) is 0 Å². The molecule has 1 heterocycles. The summed E-state index contributed by atoms with van der Waals surface area (Å²) in [7, 11) is 0. The fourth-order valence-corrected chi connectivity index (χ4v) is 4.54. The first-order valence-corrected chi connectivity index (χ1v) is 16.4. The van der Waals surface area contributed by atoms with Crippen molar-refractivity contribution in [2.75, 3.05) is 33.0 Å². The average Bonchev–Trinajstić information content (AvgIpc) is 2.94. The van der Waals surface area contributed by atoms with E-state index in [1.807, 2.05) is 30.3 Å². The van der Waals surface area contributed by atoms with Crippen LogP contribution in [0.4, 0.5) is 4.79 Å². The number of hydrogen-bond acceptors (Lipinski definition) is 12. The number of esters is 3. The van der Waals surface area contributed by atoms with Crippen molar-refractivity contribution in [3.05, 3.63) is 35.9 Å². The van der Waals surface area contributed by atoms with Crippen LogP contribution in [0.3, 0.4) is 0 Å². The van der Waals surface area contributed by atoms with Crippen LogP contribution in [0.5, 0.6) is 0 Å². The third kappa shape index (κ3) is 17.8.